The molecule has 0 bridgehead atoms. The highest BCUT2D eigenvalue weighted by atomic mass is 32.2. The van der Waals surface area contributed by atoms with Crippen molar-refractivity contribution in [1.82, 2.24) is 9.62 Å². The van der Waals surface area contributed by atoms with Gasteiger partial charge in [-0.2, -0.15) is 5.26 Å². The number of halogens is 1. The smallest absolute Gasteiger partial charge is 0.240 e. The van der Waals surface area contributed by atoms with Gasteiger partial charge in [-0.1, -0.05) is 6.07 Å². The summed E-state index contributed by atoms with van der Waals surface area (Å²) in [4.78, 5) is 2.02. The second kappa shape index (κ2) is 6.98. The van der Waals surface area contributed by atoms with Crippen molar-refractivity contribution in [2.24, 2.45) is 0 Å². The first-order valence-corrected chi connectivity index (χ1v) is 8.37. The summed E-state index contributed by atoms with van der Waals surface area (Å²) < 4.78 is 40.2. The Bertz CT molecular complexity index is 627. The van der Waals surface area contributed by atoms with Crippen LogP contribution in [-0.4, -0.2) is 39.0 Å². The lowest BCUT2D eigenvalue weighted by Crippen LogP contribution is -2.47. The lowest BCUT2D eigenvalue weighted by Gasteiger charge is -2.32. The number of hydrogen-bond donors (Lipinski definition) is 1. The van der Waals surface area contributed by atoms with Gasteiger partial charge in [0.1, 0.15) is 5.82 Å². The van der Waals surface area contributed by atoms with Crippen molar-refractivity contribution in [3.05, 3.63) is 30.1 Å². The monoisotopic (exact) mass is 311 g/mol. The number of nitrogens with one attached hydrogen (secondary N) is 1. The molecular weight excluding hydrogens is 293 g/mol. The summed E-state index contributed by atoms with van der Waals surface area (Å²) in [7, 11) is -3.71. The zero-order valence-electron chi connectivity index (χ0n) is 11.6. The molecule has 1 aliphatic heterocycles. The largest absolute Gasteiger partial charge is 0.301 e. The Hall–Kier alpha value is -1.49. The average molecular weight is 311 g/mol. The van der Waals surface area contributed by atoms with E-state index < -0.39 is 15.8 Å². The molecule has 1 saturated heterocycles. The molecule has 1 atom stereocenters. The number of hydrogen-bond acceptors (Lipinski definition) is 4. The average Bonchev–Trinajstić information content (AvgIpc) is 2.45. The van der Waals surface area contributed by atoms with E-state index in [1.807, 2.05) is 0 Å². The van der Waals surface area contributed by atoms with Crippen molar-refractivity contribution >= 4 is 10.0 Å². The summed E-state index contributed by atoms with van der Waals surface area (Å²) in [5.74, 6) is -0.572. The minimum absolute atomic E-state index is 0.0587. The Morgan fingerprint density at radius 1 is 1.48 bits per heavy atom. The summed E-state index contributed by atoms with van der Waals surface area (Å²) in [5, 5.41) is 8.60. The highest BCUT2D eigenvalue weighted by Crippen LogP contribution is 2.15. The van der Waals surface area contributed by atoms with Gasteiger partial charge in [-0.25, -0.2) is 17.5 Å². The van der Waals surface area contributed by atoms with Crippen LogP contribution in [0.5, 0.6) is 0 Å². The number of nitrogens with zero attached hydrogens (tertiary/aromatic N) is 2. The van der Waals surface area contributed by atoms with Crippen LogP contribution >= 0.6 is 0 Å². The van der Waals surface area contributed by atoms with E-state index in [1.165, 1.54) is 18.2 Å². The molecule has 0 radical (unpaired) electrons. The molecule has 1 aromatic carbocycles. The predicted octanol–water partition coefficient (Wildman–Crippen LogP) is 1.48. The molecule has 7 heteroatoms. The van der Waals surface area contributed by atoms with Gasteiger partial charge in [0.25, 0.3) is 0 Å². The Morgan fingerprint density at radius 3 is 3.00 bits per heavy atom. The van der Waals surface area contributed by atoms with Crippen LogP contribution in [-0.2, 0) is 10.0 Å². The van der Waals surface area contributed by atoms with Crippen LogP contribution in [0.4, 0.5) is 4.39 Å². The van der Waals surface area contributed by atoms with Gasteiger partial charge in [-0.3, -0.25) is 0 Å². The highest BCUT2D eigenvalue weighted by molar-refractivity contribution is 7.89. The Kier molecular flexibility index (Phi) is 5.28. The molecule has 114 valence electrons. The standard InChI is InChI=1S/C14H18FN3O2S/c15-12-4-1-6-14(10-12)21(19,20)17-13-5-2-8-18(11-13)9-3-7-16/h1,4,6,10,13,17H,2-3,5,8-9,11H2/t13-/m1/s1. The molecule has 1 N–H and O–H groups in total. The van der Waals surface area contributed by atoms with E-state index in [0.717, 1.165) is 25.5 Å². The number of nitriles is 1. The molecule has 21 heavy (non-hydrogen) atoms. The minimum Gasteiger partial charge on any atom is -0.301 e. The van der Waals surface area contributed by atoms with Crippen LogP contribution in [0.1, 0.15) is 19.3 Å². The summed E-state index contributed by atoms with van der Waals surface area (Å²) in [6, 6.07) is 6.86. The Balaban J connectivity index is 2.01. The molecule has 0 aliphatic carbocycles. The van der Waals surface area contributed by atoms with Gasteiger partial charge in [-0.05, 0) is 37.6 Å². The normalized spacial score (nSPS) is 20.1. The van der Waals surface area contributed by atoms with Crippen molar-refractivity contribution in [3.63, 3.8) is 0 Å². The van der Waals surface area contributed by atoms with E-state index in [9.17, 15) is 12.8 Å². The lowest BCUT2D eigenvalue weighted by molar-refractivity contribution is 0.206. The van der Waals surface area contributed by atoms with E-state index in [4.69, 9.17) is 5.26 Å². The first-order chi connectivity index (χ1) is 10.0. The van der Waals surface area contributed by atoms with E-state index in [1.54, 1.807) is 0 Å². The Morgan fingerprint density at radius 2 is 2.29 bits per heavy atom. The second-order valence-electron chi connectivity index (χ2n) is 5.13. The maximum Gasteiger partial charge on any atom is 0.240 e. The highest BCUT2D eigenvalue weighted by Gasteiger charge is 2.25. The fraction of sp³-hybridized carbons (Fsp3) is 0.500. The van der Waals surface area contributed by atoms with Crippen LogP contribution in [0, 0.1) is 17.1 Å². The van der Waals surface area contributed by atoms with Gasteiger partial charge in [0.15, 0.2) is 0 Å². The predicted molar refractivity (Wildman–Crippen MR) is 76.4 cm³/mol. The minimum atomic E-state index is -3.71. The van der Waals surface area contributed by atoms with Gasteiger partial charge in [0.2, 0.25) is 10.0 Å². The van der Waals surface area contributed by atoms with Crippen LogP contribution in [0.15, 0.2) is 29.2 Å². The SMILES string of the molecule is N#CCCN1CCC[C@@H](NS(=O)(=O)c2cccc(F)c2)C1. The van der Waals surface area contributed by atoms with E-state index in [2.05, 4.69) is 15.7 Å². The van der Waals surface area contributed by atoms with E-state index in [0.29, 0.717) is 19.5 Å². The van der Waals surface area contributed by atoms with Crippen molar-refractivity contribution in [3.8, 4) is 6.07 Å². The number of benzene rings is 1. The maximum atomic E-state index is 13.1. The second-order valence-corrected chi connectivity index (χ2v) is 6.84. The third-order valence-electron chi connectivity index (χ3n) is 3.47. The summed E-state index contributed by atoms with van der Waals surface area (Å²) in [6.45, 7) is 2.10. The third-order valence-corrected chi connectivity index (χ3v) is 4.99. The number of likely N-dealkylation sites (tertiary alicyclic amines) is 1. The molecule has 1 fully saturated rings. The van der Waals surface area contributed by atoms with Crippen molar-refractivity contribution in [1.29, 1.82) is 5.26 Å². The molecule has 1 aliphatic rings. The van der Waals surface area contributed by atoms with Crippen molar-refractivity contribution in [2.45, 2.75) is 30.2 Å². The van der Waals surface area contributed by atoms with Gasteiger partial charge >= 0.3 is 0 Å². The lowest BCUT2D eigenvalue weighted by atomic mass is 10.1. The fourth-order valence-corrected chi connectivity index (χ4v) is 3.78. The molecular formula is C14H18FN3O2S. The van der Waals surface area contributed by atoms with E-state index in [-0.39, 0.29) is 10.9 Å². The molecule has 1 heterocycles. The van der Waals surface area contributed by atoms with Gasteiger partial charge in [0, 0.05) is 25.6 Å². The van der Waals surface area contributed by atoms with Crippen molar-refractivity contribution in [2.75, 3.05) is 19.6 Å². The van der Waals surface area contributed by atoms with E-state index >= 15 is 0 Å². The zero-order valence-corrected chi connectivity index (χ0v) is 12.4. The molecule has 0 unspecified atom stereocenters. The Labute approximate surface area is 124 Å². The number of sulfonamides is 1. The van der Waals surface area contributed by atoms with Gasteiger partial charge in [0.05, 0.1) is 11.0 Å². The summed E-state index contributed by atoms with van der Waals surface area (Å²) in [5.41, 5.74) is 0. The van der Waals surface area contributed by atoms with Crippen molar-refractivity contribution < 1.29 is 12.8 Å². The van der Waals surface area contributed by atoms with Gasteiger partial charge in [-0.15, -0.1) is 0 Å². The topological polar surface area (TPSA) is 73.2 Å². The number of piperidine rings is 1. The summed E-state index contributed by atoms with van der Waals surface area (Å²) in [6.07, 6.45) is 2.06. The first-order valence-electron chi connectivity index (χ1n) is 6.88. The first kappa shape index (κ1) is 15.9. The zero-order chi connectivity index (χ0) is 15.3. The molecule has 0 spiro atoms. The third kappa shape index (κ3) is 4.49. The fourth-order valence-electron chi connectivity index (χ4n) is 2.48. The molecule has 0 amide bonds. The maximum absolute atomic E-state index is 13.1. The molecule has 1 aromatic rings. The molecule has 0 saturated carbocycles. The van der Waals surface area contributed by atoms with Gasteiger partial charge < -0.3 is 4.90 Å². The number of rotatable bonds is 5. The quantitative estimate of drug-likeness (QED) is 0.894. The van der Waals surface area contributed by atoms with Crippen LogP contribution in [0.3, 0.4) is 0 Å². The molecule has 5 nitrogen and oxygen atoms in total. The molecule has 0 aromatic heterocycles. The van der Waals surface area contributed by atoms with Crippen LogP contribution < -0.4 is 4.72 Å². The molecule has 2 rings (SSSR count). The van der Waals surface area contributed by atoms with Crippen LogP contribution in [0.25, 0.3) is 0 Å². The summed E-state index contributed by atoms with van der Waals surface area (Å²) >= 11 is 0. The van der Waals surface area contributed by atoms with Crippen LogP contribution in [0.2, 0.25) is 0 Å².